The van der Waals surface area contributed by atoms with E-state index in [1.54, 1.807) is 12.1 Å². The average Bonchev–Trinajstić information content (AvgIpc) is 2.48. The number of benzene rings is 2. The Kier molecular flexibility index (Phi) is 4.49. The second-order valence-electron chi connectivity index (χ2n) is 4.90. The summed E-state index contributed by atoms with van der Waals surface area (Å²) in [6.45, 7) is 4.12. The Morgan fingerprint density at radius 1 is 0.900 bits per heavy atom. The minimum Gasteiger partial charge on any atom is -0.304 e. The Morgan fingerprint density at radius 3 is 1.80 bits per heavy atom. The molecule has 0 amide bonds. The molecular formula is C17H17FN2. The summed E-state index contributed by atoms with van der Waals surface area (Å²) < 4.78 is 12.9. The van der Waals surface area contributed by atoms with Gasteiger partial charge in [0.2, 0.25) is 0 Å². The fraction of sp³-hybridized carbons (Fsp3) is 0.235. The third-order valence-electron chi connectivity index (χ3n) is 3.41. The van der Waals surface area contributed by atoms with Gasteiger partial charge in [-0.2, -0.15) is 5.26 Å². The molecule has 0 spiro atoms. The van der Waals surface area contributed by atoms with Crippen LogP contribution in [0.1, 0.15) is 42.6 Å². The molecule has 0 bridgehead atoms. The minimum atomic E-state index is -0.221. The monoisotopic (exact) mass is 268 g/mol. The van der Waals surface area contributed by atoms with Crippen LogP contribution in [-0.4, -0.2) is 0 Å². The average molecular weight is 268 g/mol. The maximum Gasteiger partial charge on any atom is 0.123 e. The van der Waals surface area contributed by atoms with E-state index in [-0.39, 0.29) is 17.9 Å². The van der Waals surface area contributed by atoms with Crippen molar-refractivity contribution in [2.24, 2.45) is 0 Å². The highest BCUT2D eigenvalue weighted by Gasteiger charge is 2.11. The lowest BCUT2D eigenvalue weighted by molar-refractivity contribution is 0.494. The van der Waals surface area contributed by atoms with Gasteiger partial charge >= 0.3 is 0 Å². The number of nitriles is 1. The number of nitrogens with one attached hydrogen (secondary N) is 1. The molecule has 2 atom stereocenters. The Hall–Kier alpha value is -2.18. The van der Waals surface area contributed by atoms with Crippen molar-refractivity contribution in [3.05, 3.63) is 71.0 Å². The highest BCUT2D eigenvalue weighted by molar-refractivity contribution is 5.33. The van der Waals surface area contributed by atoms with Crippen molar-refractivity contribution in [1.82, 2.24) is 5.32 Å². The van der Waals surface area contributed by atoms with Gasteiger partial charge in [0.05, 0.1) is 11.6 Å². The molecule has 1 unspecified atom stereocenters. The Bertz CT molecular complexity index is 596. The number of nitrogens with zero attached hydrogens (tertiary/aromatic N) is 1. The van der Waals surface area contributed by atoms with Gasteiger partial charge < -0.3 is 5.32 Å². The van der Waals surface area contributed by atoms with Crippen LogP contribution in [0.3, 0.4) is 0 Å². The fourth-order valence-corrected chi connectivity index (χ4v) is 2.17. The van der Waals surface area contributed by atoms with Gasteiger partial charge in [0.15, 0.2) is 0 Å². The van der Waals surface area contributed by atoms with Gasteiger partial charge in [0, 0.05) is 12.1 Å². The molecule has 2 nitrogen and oxygen atoms in total. The molecule has 2 aromatic rings. The van der Waals surface area contributed by atoms with Crippen LogP contribution in [-0.2, 0) is 0 Å². The van der Waals surface area contributed by atoms with Gasteiger partial charge in [0.25, 0.3) is 0 Å². The zero-order valence-electron chi connectivity index (χ0n) is 11.6. The maximum absolute atomic E-state index is 12.9. The van der Waals surface area contributed by atoms with Crippen molar-refractivity contribution in [3.63, 3.8) is 0 Å². The number of rotatable bonds is 4. The van der Waals surface area contributed by atoms with Crippen molar-refractivity contribution in [2.45, 2.75) is 25.9 Å². The zero-order valence-corrected chi connectivity index (χ0v) is 11.6. The van der Waals surface area contributed by atoms with Crippen LogP contribution in [0, 0.1) is 17.1 Å². The summed E-state index contributed by atoms with van der Waals surface area (Å²) in [7, 11) is 0. The maximum atomic E-state index is 12.9. The Labute approximate surface area is 118 Å². The molecular weight excluding hydrogens is 251 g/mol. The summed E-state index contributed by atoms with van der Waals surface area (Å²) in [5, 5.41) is 12.3. The third-order valence-corrected chi connectivity index (χ3v) is 3.41. The van der Waals surface area contributed by atoms with Crippen LogP contribution >= 0.6 is 0 Å². The highest BCUT2D eigenvalue weighted by atomic mass is 19.1. The molecule has 2 aromatic carbocycles. The molecule has 20 heavy (non-hydrogen) atoms. The molecule has 0 aromatic heterocycles. The van der Waals surface area contributed by atoms with E-state index in [0.717, 1.165) is 11.1 Å². The van der Waals surface area contributed by atoms with E-state index >= 15 is 0 Å². The Balaban J connectivity index is 2.04. The standard InChI is InChI=1S/C17H17FN2/c1-12(15-5-3-14(11-19)4-6-15)20-13(2)16-7-9-17(18)10-8-16/h3-10,12-13,20H,1-2H3/t12?,13-/m1/s1. The van der Waals surface area contributed by atoms with Crippen LogP contribution in [0.25, 0.3) is 0 Å². The fourth-order valence-electron chi connectivity index (χ4n) is 2.17. The first-order valence-electron chi connectivity index (χ1n) is 6.61. The van der Waals surface area contributed by atoms with E-state index in [1.807, 2.05) is 31.2 Å². The summed E-state index contributed by atoms with van der Waals surface area (Å²) in [5.74, 6) is -0.221. The smallest absolute Gasteiger partial charge is 0.123 e. The van der Waals surface area contributed by atoms with Crippen LogP contribution in [0.5, 0.6) is 0 Å². The molecule has 102 valence electrons. The quantitative estimate of drug-likeness (QED) is 0.905. The summed E-state index contributed by atoms with van der Waals surface area (Å²) >= 11 is 0. The molecule has 0 radical (unpaired) electrons. The van der Waals surface area contributed by atoms with Crippen molar-refractivity contribution in [2.75, 3.05) is 0 Å². The molecule has 0 fully saturated rings. The van der Waals surface area contributed by atoms with Crippen LogP contribution in [0.4, 0.5) is 4.39 Å². The van der Waals surface area contributed by atoms with Gasteiger partial charge in [-0.25, -0.2) is 4.39 Å². The lowest BCUT2D eigenvalue weighted by atomic mass is 10.0. The van der Waals surface area contributed by atoms with Crippen molar-refractivity contribution >= 4 is 0 Å². The minimum absolute atomic E-state index is 0.126. The van der Waals surface area contributed by atoms with Gasteiger partial charge in [-0.3, -0.25) is 0 Å². The van der Waals surface area contributed by atoms with Crippen LogP contribution < -0.4 is 5.32 Å². The molecule has 1 N–H and O–H groups in total. The van der Waals surface area contributed by atoms with Crippen LogP contribution in [0.15, 0.2) is 48.5 Å². The number of hydrogen-bond donors (Lipinski definition) is 1. The highest BCUT2D eigenvalue weighted by Crippen LogP contribution is 2.20. The van der Waals surface area contributed by atoms with E-state index in [1.165, 1.54) is 12.1 Å². The van der Waals surface area contributed by atoms with Gasteiger partial charge in [-0.1, -0.05) is 24.3 Å². The van der Waals surface area contributed by atoms with E-state index in [0.29, 0.717) is 5.56 Å². The zero-order chi connectivity index (χ0) is 14.5. The summed E-state index contributed by atoms with van der Waals surface area (Å²) in [5.41, 5.74) is 2.83. The first-order chi connectivity index (χ1) is 9.60. The molecule has 3 heteroatoms. The van der Waals surface area contributed by atoms with Gasteiger partial charge in [-0.05, 0) is 49.2 Å². The lowest BCUT2D eigenvalue weighted by Gasteiger charge is -2.21. The third kappa shape index (κ3) is 3.43. The van der Waals surface area contributed by atoms with Crippen molar-refractivity contribution < 1.29 is 4.39 Å². The largest absolute Gasteiger partial charge is 0.304 e. The topological polar surface area (TPSA) is 35.8 Å². The summed E-state index contributed by atoms with van der Waals surface area (Å²) in [6.07, 6.45) is 0. The molecule has 0 aliphatic heterocycles. The summed E-state index contributed by atoms with van der Waals surface area (Å²) in [4.78, 5) is 0. The number of hydrogen-bond acceptors (Lipinski definition) is 2. The summed E-state index contributed by atoms with van der Waals surface area (Å²) in [6, 6.07) is 16.5. The SMILES string of the molecule is CC(N[C@H](C)c1ccc(F)cc1)c1ccc(C#N)cc1. The van der Waals surface area contributed by atoms with E-state index in [2.05, 4.69) is 18.3 Å². The molecule has 2 rings (SSSR count). The predicted octanol–water partition coefficient (Wildman–Crippen LogP) is 4.11. The normalized spacial score (nSPS) is 13.5. The van der Waals surface area contributed by atoms with Gasteiger partial charge in [-0.15, -0.1) is 0 Å². The second kappa shape index (κ2) is 6.31. The van der Waals surface area contributed by atoms with Crippen molar-refractivity contribution in [3.8, 4) is 6.07 Å². The first-order valence-corrected chi connectivity index (χ1v) is 6.61. The molecule has 0 saturated heterocycles. The van der Waals surface area contributed by atoms with E-state index in [9.17, 15) is 4.39 Å². The van der Waals surface area contributed by atoms with Crippen molar-refractivity contribution in [1.29, 1.82) is 5.26 Å². The predicted molar refractivity (Wildman–Crippen MR) is 77.5 cm³/mol. The molecule has 0 saturated carbocycles. The van der Waals surface area contributed by atoms with Gasteiger partial charge in [0.1, 0.15) is 5.82 Å². The van der Waals surface area contributed by atoms with Crippen LogP contribution in [0.2, 0.25) is 0 Å². The second-order valence-corrected chi connectivity index (χ2v) is 4.90. The Morgan fingerprint density at radius 2 is 1.35 bits per heavy atom. The molecule has 0 heterocycles. The first kappa shape index (κ1) is 14.2. The molecule has 0 aliphatic rings. The van der Waals surface area contributed by atoms with E-state index in [4.69, 9.17) is 5.26 Å². The number of halogens is 1. The lowest BCUT2D eigenvalue weighted by Crippen LogP contribution is -2.22. The van der Waals surface area contributed by atoms with E-state index < -0.39 is 0 Å². The molecule has 0 aliphatic carbocycles.